The average Bonchev–Trinajstić information content (AvgIpc) is 3.05. The van der Waals surface area contributed by atoms with Crippen LogP contribution in [0.25, 0.3) is 11.1 Å². The van der Waals surface area contributed by atoms with Crippen molar-refractivity contribution in [1.29, 1.82) is 0 Å². The van der Waals surface area contributed by atoms with E-state index < -0.39 is 17.8 Å². The van der Waals surface area contributed by atoms with Crippen LogP contribution in [0.1, 0.15) is 35.1 Å². The molecular formula is C27H28N2O4. The van der Waals surface area contributed by atoms with E-state index in [0.717, 1.165) is 48.0 Å². The highest BCUT2D eigenvalue weighted by molar-refractivity contribution is 6.07. The summed E-state index contributed by atoms with van der Waals surface area (Å²) in [6, 6.07) is 15.9. The van der Waals surface area contributed by atoms with Gasteiger partial charge in [0.1, 0.15) is 0 Å². The molecule has 0 unspecified atom stereocenters. The van der Waals surface area contributed by atoms with Gasteiger partial charge in [-0.3, -0.25) is 14.6 Å². The van der Waals surface area contributed by atoms with Gasteiger partial charge >= 0.3 is 17.8 Å². The molecule has 3 aliphatic rings. The number of hydrogen-bond donors (Lipinski definition) is 0. The van der Waals surface area contributed by atoms with Gasteiger partial charge in [-0.25, -0.2) is 4.79 Å². The van der Waals surface area contributed by atoms with E-state index >= 15 is 0 Å². The van der Waals surface area contributed by atoms with Gasteiger partial charge in [-0.1, -0.05) is 60.7 Å². The van der Waals surface area contributed by atoms with E-state index in [2.05, 4.69) is 30.4 Å². The van der Waals surface area contributed by atoms with E-state index in [0.29, 0.717) is 0 Å². The molecule has 1 heterocycles. The largest absolute Gasteiger partial charge is 0.339 e. The third-order valence-corrected chi connectivity index (χ3v) is 6.88. The Balaban J connectivity index is 1.47. The Morgan fingerprint density at radius 2 is 1.30 bits per heavy atom. The first-order valence-corrected chi connectivity index (χ1v) is 11.4. The SMILES string of the molecule is COC1(OC)C(=O)N(CC2=CCCc3ccccc32)C(=O)N1CC1=CCCc2ccccc21. The molecule has 0 N–H and O–H groups in total. The van der Waals surface area contributed by atoms with Crippen molar-refractivity contribution in [1.82, 2.24) is 9.80 Å². The van der Waals surface area contributed by atoms with Crippen molar-refractivity contribution in [3.05, 3.63) is 82.9 Å². The molecule has 5 rings (SSSR count). The molecule has 6 heteroatoms. The van der Waals surface area contributed by atoms with E-state index in [1.807, 2.05) is 30.3 Å². The molecule has 0 radical (unpaired) electrons. The van der Waals surface area contributed by atoms with Gasteiger partial charge in [0.15, 0.2) is 0 Å². The molecule has 2 aromatic rings. The van der Waals surface area contributed by atoms with Gasteiger partial charge in [0.05, 0.1) is 13.1 Å². The predicted octanol–water partition coefficient (Wildman–Crippen LogP) is 4.26. The van der Waals surface area contributed by atoms with Crippen molar-refractivity contribution in [2.75, 3.05) is 27.3 Å². The molecule has 1 fully saturated rings. The van der Waals surface area contributed by atoms with Crippen LogP contribution >= 0.6 is 0 Å². The molecule has 6 nitrogen and oxygen atoms in total. The lowest BCUT2D eigenvalue weighted by Crippen LogP contribution is -2.53. The smallest absolute Gasteiger partial charge is 0.328 e. The van der Waals surface area contributed by atoms with Gasteiger partial charge < -0.3 is 9.47 Å². The predicted molar refractivity (Wildman–Crippen MR) is 126 cm³/mol. The number of rotatable bonds is 6. The second-order valence-electron chi connectivity index (χ2n) is 8.60. The van der Waals surface area contributed by atoms with Gasteiger partial charge in [-0.05, 0) is 59.1 Å². The topological polar surface area (TPSA) is 59.1 Å². The number of methoxy groups -OCH3 is 2. The van der Waals surface area contributed by atoms with Crippen LogP contribution < -0.4 is 0 Å². The number of allylic oxidation sites excluding steroid dienone is 2. The summed E-state index contributed by atoms with van der Waals surface area (Å²) in [5.41, 5.74) is 6.65. The van der Waals surface area contributed by atoms with Crippen LogP contribution in [0.5, 0.6) is 0 Å². The molecule has 3 amide bonds. The van der Waals surface area contributed by atoms with E-state index in [1.165, 1.54) is 35.1 Å². The van der Waals surface area contributed by atoms with Crippen LogP contribution in [-0.4, -0.2) is 55.0 Å². The average molecular weight is 445 g/mol. The van der Waals surface area contributed by atoms with Crippen molar-refractivity contribution in [2.45, 2.75) is 31.6 Å². The lowest BCUT2D eigenvalue weighted by atomic mass is 9.90. The third-order valence-electron chi connectivity index (χ3n) is 6.88. The minimum absolute atomic E-state index is 0.190. The Hall–Kier alpha value is -3.22. The molecule has 0 atom stereocenters. The minimum Gasteiger partial charge on any atom is -0.328 e. The summed E-state index contributed by atoms with van der Waals surface area (Å²) in [4.78, 5) is 29.9. The number of aryl methyl sites for hydroxylation is 2. The molecule has 0 aromatic heterocycles. The highest BCUT2D eigenvalue weighted by Gasteiger charge is 2.59. The Morgan fingerprint density at radius 1 is 0.788 bits per heavy atom. The van der Waals surface area contributed by atoms with Crippen molar-refractivity contribution >= 4 is 23.1 Å². The van der Waals surface area contributed by atoms with E-state index in [4.69, 9.17) is 9.47 Å². The minimum atomic E-state index is -1.78. The highest BCUT2D eigenvalue weighted by Crippen LogP contribution is 2.36. The Labute approximate surface area is 194 Å². The van der Waals surface area contributed by atoms with E-state index in [1.54, 1.807) is 0 Å². The normalized spacial score (nSPS) is 19.2. The number of urea groups is 1. The standard InChI is InChI=1S/C27H28N2O4/c1-32-27(33-2)25(30)28(17-21-13-7-11-19-9-3-5-15-23(19)21)26(31)29(27)18-22-14-8-12-20-10-4-6-16-24(20)22/h3-6,9-10,13-16H,7-8,11-12,17-18H2,1-2H3. The summed E-state index contributed by atoms with van der Waals surface area (Å²) in [6.45, 7) is 0.421. The first kappa shape index (κ1) is 21.6. The number of imide groups is 1. The molecule has 2 aliphatic carbocycles. The van der Waals surface area contributed by atoms with Gasteiger partial charge in [0, 0.05) is 14.2 Å². The molecule has 0 bridgehead atoms. The zero-order valence-corrected chi connectivity index (χ0v) is 19.0. The lowest BCUT2D eigenvalue weighted by Gasteiger charge is -2.33. The van der Waals surface area contributed by atoms with Gasteiger partial charge in [0.2, 0.25) is 0 Å². The van der Waals surface area contributed by atoms with Gasteiger partial charge in [-0.2, -0.15) is 0 Å². The maximum Gasteiger partial charge on any atom is 0.339 e. The van der Waals surface area contributed by atoms with Crippen molar-refractivity contribution in [3.63, 3.8) is 0 Å². The fraction of sp³-hybridized carbons (Fsp3) is 0.333. The van der Waals surface area contributed by atoms with Gasteiger partial charge in [-0.15, -0.1) is 0 Å². The van der Waals surface area contributed by atoms with Crippen LogP contribution in [-0.2, 0) is 27.1 Å². The summed E-state index contributed by atoms with van der Waals surface area (Å²) >= 11 is 0. The molecule has 33 heavy (non-hydrogen) atoms. The van der Waals surface area contributed by atoms with Crippen molar-refractivity contribution < 1.29 is 19.1 Å². The number of ether oxygens (including phenoxy) is 2. The fourth-order valence-corrected chi connectivity index (χ4v) is 5.20. The Morgan fingerprint density at radius 3 is 1.85 bits per heavy atom. The maximum atomic E-state index is 13.6. The molecule has 2 aromatic carbocycles. The van der Waals surface area contributed by atoms with Crippen LogP contribution in [0, 0.1) is 0 Å². The number of carbonyl (C=O) groups excluding carboxylic acids is 2. The monoisotopic (exact) mass is 444 g/mol. The molecule has 1 aliphatic heterocycles. The first-order chi connectivity index (χ1) is 16.1. The second-order valence-corrected chi connectivity index (χ2v) is 8.60. The van der Waals surface area contributed by atoms with Crippen LogP contribution in [0.3, 0.4) is 0 Å². The molecule has 0 spiro atoms. The Kier molecular flexibility index (Phi) is 5.64. The zero-order chi connectivity index (χ0) is 23.0. The van der Waals surface area contributed by atoms with Crippen LogP contribution in [0.2, 0.25) is 0 Å². The summed E-state index contributed by atoms with van der Waals surface area (Å²) in [6.07, 6.45) is 7.96. The number of hydrogen-bond acceptors (Lipinski definition) is 4. The zero-order valence-electron chi connectivity index (χ0n) is 19.0. The fourth-order valence-electron chi connectivity index (χ4n) is 5.20. The van der Waals surface area contributed by atoms with Crippen molar-refractivity contribution in [3.8, 4) is 0 Å². The quantitative estimate of drug-likeness (QED) is 0.494. The van der Waals surface area contributed by atoms with Crippen LogP contribution in [0.15, 0.2) is 60.7 Å². The Bertz CT molecular complexity index is 1160. The number of nitrogens with zero attached hydrogens (tertiary/aromatic N) is 2. The number of carbonyl (C=O) groups is 2. The van der Waals surface area contributed by atoms with Gasteiger partial charge in [0.25, 0.3) is 0 Å². The summed E-state index contributed by atoms with van der Waals surface area (Å²) in [5, 5.41) is 0. The first-order valence-electron chi connectivity index (χ1n) is 11.4. The second kappa shape index (κ2) is 8.61. The molecule has 0 saturated carbocycles. The molecule has 170 valence electrons. The van der Waals surface area contributed by atoms with Crippen LogP contribution in [0.4, 0.5) is 4.79 Å². The summed E-state index contributed by atoms with van der Waals surface area (Å²) in [7, 11) is 2.81. The number of fused-ring (bicyclic) bond motifs is 2. The van der Waals surface area contributed by atoms with E-state index in [-0.39, 0.29) is 13.1 Å². The number of benzene rings is 2. The summed E-state index contributed by atoms with van der Waals surface area (Å²) in [5.74, 6) is -2.27. The van der Waals surface area contributed by atoms with E-state index in [9.17, 15) is 9.59 Å². The molecule has 1 saturated heterocycles. The lowest BCUT2D eigenvalue weighted by molar-refractivity contribution is -0.251. The molecular weight excluding hydrogens is 416 g/mol. The van der Waals surface area contributed by atoms with Crippen molar-refractivity contribution in [2.24, 2.45) is 0 Å². The maximum absolute atomic E-state index is 13.6. The third kappa shape index (κ3) is 3.50. The number of amides is 3. The summed E-state index contributed by atoms with van der Waals surface area (Å²) < 4.78 is 11.2. The highest BCUT2D eigenvalue weighted by atomic mass is 16.7.